The van der Waals surface area contributed by atoms with Gasteiger partial charge in [0.2, 0.25) is 53.4 Å². The van der Waals surface area contributed by atoms with E-state index in [1.54, 1.807) is 0 Å². The van der Waals surface area contributed by atoms with Crippen LogP contribution in [0.15, 0.2) is 78.9 Å². The molecule has 6 heterocycles. The molecule has 5 aromatic rings. The van der Waals surface area contributed by atoms with Gasteiger partial charge in [-0.15, -0.1) is 0 Å². The van der Waals surface area contributed by atoms with Crippen molar-refractivity contribution >= 4 is 70.5 Å². The standard InChI is InChI=1S/C59H62Cl2N8O21/c1-21(2)10-31(63-3)52(79)68-47-49(77)23-5-8-37(29(60)12-23)87-39-14-25-15-40(51(39)90-59-36(75)19-34(73)41(20-70)89-59)88-38-9-6-24(13-30(38)61)50(78)48-57(84)67-46(58(85)86)28-16-26(71)17-35(74)43(28)27-11-22(4-7-33(27)72)44(54(81)69-48)66-55(82)45(25)65-53(80)32(18-42(62)76)64-56(47)83/h4-9,11-17,21,31-32,34,36,41,44-50,59,63,70-75,77-78H,10,18-20H2,1-3H3,(H2,62,76)(H,64,83)(H,65,80)(H,66,82)(H,67,84)(H,68,79)(H,69,81)(H,85,86)/t31-,32+,34+,36-,41-,44-,45-,46+,47-,48+,49-,50-,59+/m1/s1. The number of amides is 7. The highest BCUT2D eigenvalue weighted by Crippen LogP contribution is 2.49. The van der Waals surface area contributed by atoms with Gasteiger partial charge in [0.15, 0.2) is 17.5 Å². The van der Waals surface area contributed by atoms with Gasteiger partial charge < -0.3 is 108 Å². The van der Waals surface area contributed by atoms with Crippen LogP contribution in [0.5, 0.6) is 46.0 Å². The first-order chi connectivity index (χ1) is 42.6. The third-order valence-corrected chi connectivity index (χ3v) is 15.9. The largest absolute Gasteiger partial charge is 0.508 e. The number of primary amides is 1. The number of aliphatic carboxylic acids is 1. The number of carboxylic acid groups (broad SMARTS) is 1. The van der Waals surface area contributed by atoms with Gasteiger partial charge in [-0.1, -0.05) is 55.2 Å². The molecule has 1 fully saturated rings. The van der Waals surface area contributed by atoms with Crippen molar-refractivity contribution in [2.24, 2.45) is 11.7 Å². The molecule has 6 aliphatic heterocycles. The van der Waals surface area contributed by atoms with Crippen molar-refractivity contribution in [3.63, 3.8) is 0 Å². The maximum Gasteiger partial charge on any atom is 0.330 e. The normalized spacial score (nSPS) is 25.6. The molecule has 7 amide bonds. The average molecular weight is 1290 g/mol. The molecule has 0 spiro atoms. The van der Waals surface area contributed by atoms with Crippen LogP contribution in [0.25, 0.3) is 11.1 Å². The highest BCUT2D eigenvalue weighted by molar-refractivity contribution is 6.32. The molecule has 0 saturated carbocycles. The number of carbonyl (C=O) groups is 8. The van der Waals surface area contributed by atoms with Crippen LogP contribution in [-0.2, 0) is 43.1 Å². The van der Waals surface area contributed by atoms with Gasteiger partial charge in [0.25, 0.3) is 0 Å². The molecule has 18 N–H and O–H groups in total. The minimum Gasteiger partial charge on any atom is -0.508 e. The minimum atomic E-state index is -2.27. The number of phenolic OH excluding ortho intramolecular Hbond substituents is 3. The number of benzene rings is 5. The van der Waals surface area contributed by atoms with Crippen molar-refractivity contribution in [3.05, 3.63) is 117 Å². The van der Waals surface area contributed by atoms with Crippen molar-refractivity contribution in [3.8, 4) is 57.1 Å². The molecule has 11 bridgehead atoms. The topological polar surface area (TPSA) is 466 Å². The number of phenols is 3. The fourth-order valence-corrected chi connectivity index (χ4v) is 11.2. The van der Waals surface area contributed by atoms with Gasteiger partial charge in [-0.2, -0.15) is 0 Å². The minimum absolute atomic E-state index is 0.0701. The molecule has 13 atom stereocenters. The lowest BCUT2D eigenvalue weighted by molar-refractivity contribution is -0.240. The number of hydrogen-bond donors (Lipinski definition) is 17. The number of halogens is 2. The Bertz CT molecular complexity index is 3690. The number of rotatable bonds is 11. The van der Waals surface area contributed by atoms with E-state index < -0.39 is 203 Å². The first-order valence-corrected chi connectivity index (χ1v) is 28.6. The molecular weight excluding hydrogens is 1230 g/mol. The Labute approximate surface area is 520 Å². The maximum absolute atomic E-state index is 15.8. The predicted octanol–water partition coefficient (Wildman–Crippen LogP) is 0.898. The van der Waals surface area contributed by atoms with Gasteiger partial charge in [0, 0.05) is 29.2 Å². The summed E-state index contributed by atoms with van der Waals surface area (Å²) < 4.78 is 25.1. The van der Waals surface area contributed by atoms with Crippen molar-refractivity contribution < 1.29 is 103 Å². The Morgan fingerprint density at radius 3 is 1.88 bits per heavy atom. The highest BCUT2D eigenvalue weighted by atomic mass is 35.5. The molecule has 90 heavy (non-hydrogen) atoms. The number of likely N-dealkylation sites (N-methyl/N-ethyl adjacent to an activating group) is 1. The summed E-state index contributed by atoms with van der Waals surface area (Å²) in [4.78, 5) is 115. The molecular formula is C59H62Cl2N8O21. The summed E-state index contributed by atoms with van der Waals surface area (Å²) in [5.74, 6) is -15.2. The Morgan fingerprint density at radius 2 is 1.29 bits per heavy atom. The zero-order valence-corrected chi connectivity index (χ0v) is 49.2. The van der Waals surface area contributed by atoms with E-state index >= 15 is 14.4 Å². The van der Waals surface area contributed by atoms with Crippen LogP contribution in [0.1, 0.15) is 91.3 Å². The number of ether oxygens (including phenoxy) is 4. The second-order valence-corrected chi connectivity index (χ2v) is 22.9. The van der Waals surface area contributed by atoms with Gasteiger partial charge in [0.05, 0.1) is 35.2 Å². The predicted molar refractivity (Wildman–Crippen MR) is 311 cm³/mol. The molecule has 1 saturated heterocycles. The zero-order chi connectivity index (χ0) is 65.3. The smallest absolute Gasteiger partial charge is 0.330 e. The van der Waals surface area contributed by atoms with E-state index in [1.807, 2.05) is 13.8 Å². The summed E-state index contributed by atoms with van der Waals surface area (Å²) in [6.07, 6.45) is -11.7. The van der Waals surface area contributed by atoms with Crippen LogP contribution < -0.4 is 57.2 Å². The van der Waals surface area contributed by atoms with Gasteiger partial charge >= 0.3 is 5.97 Å². The molecule has 31 heteroatoms. The summed E-state index contributed by atoms with van der Waals surface area (Å²) in [5, 5.41) is 117. The van der Waals surface area contributed by atoms with Crippen LogP contribution in [0.3, 0.4) is 0 Å². The summed E-state index contributed by atoms with van der Waals surface area (Å²) >= 11 is 13.9. The van der Waals surface area contributed by atoms with E-state index in [0.717, 1.165) is 60.7 Å². The summed E-state index contributed by atoms with van der Waals surface area (Å²) in [5.41, 5.74) is 3.08. The van der Waals surface area contributed by atoms with E-state index in [2.05, 4.69) is 37.2 Å². The fourth-order valence-electron chi connectivity index (χ4n) is 10.7. The van der Waals surface area contributed by atoms with Crippen LogP contribution in [0.4, 0.5) is 0 Å². The first kappa shape index (κ1) is 65.4. The lowest BCUT2D eigenvalue weighted by Gasteiger charge is -2.36. The van der Waals surface area contributed by atoms with Gasteiger partial charge in [-0.05, 0) is 96.2 Å². The number of carbonyl (C=O) groups excluding carboxylic acids is 7. The number of fused-ring (bicyclic) bond motifs is 15. The van der Waals surface area contributed by atoms with Crippen LogP contribution in [-0.4, -0.2) is 156 Å². The molecule has 0 unspecified atom stereocenters. The van der Waals surface area contributed by atoms with E-state index in [4.69, 9.17) is 47.9 Å². The molecule has 0 aliphatic carbocycles. The van der Waals surface area contributed by atoms with Crippen molar-refractivity contribution in [1.29, 1.82) is 0 Å². The second-order valence-electron chi connectivity index (χ2n) is 22.1. The third-order valence-electron chi connectivity index (χ3n) is 15.3. The number of hydrogen-bond acceptors (Lipinski definition) is 21. The van der Waals surface area contributed by atoms with Crippen LogP contribution >= 0.6 is 23.2 Å². The van der Waals surface area contributed by atoms with E-state index in [-0.39, 0.29) is 50.6 Å². The molecule has 11 rings (SSSR count). The Morgan fingerprint density at radius 1 is 0.689 bits per heavy atom. The quantitative estimate of drug-likeness (QED) is 0.0873. The zero-order valence-electron chi connectivity index (χ0n) is 47.7. The number of nitrogens with two attached hydrogens (primary N) is 1. The van der Waals surface area contributed by atoms with E-state index in [1.165, 1.54) is 25.2 Å². The number of nitrogens with one attached hydrogen (secondary N) is 7. The number of aliphatic hydroxyl groups excluding tert-OH is 5. The summed E-state index contributed by atoms with van der Waals surface area (Å²) in [7, 11) is 1.48. The molecule has 0 aromatic heterocycles. The van der Waals surface area contributed by atoms with Crippen molar-refractivity contribution in [2.75, 3.05) is 13.7 Å². The average Bonchev–Trinajstić information content (AvgIpc) is 0.797. The monoisotopic (exact) mass is 1290 g/mol. The van der Waals surface area contributed by atoms with Gasteiger partial charge in [0.1, 0.15) is 83.4 Å². The summed E-state index contributed by atoms with van der Waals surface area (Å²) in [6.45, 7) is 2.88. The maximum atomic E-state index is 15.8. The van der Waals surface area contributed by atoms with Crippen molar-refractivity contribution in [2.45, 2.75) is 112 Å². The van der Waals surface area contributed by atoms with Gasteiger partial charge in [-0.25, -0.2) is 4.79 Å². The fraction of sp³-hybridized carbons (Fsp3) is 0.356. The first-order valence-electron chi connectivity index (χ1n) is 27.8. The molecule has 29 nitrogen and oxygen atoms in total. The number of aliphatic hydroxyl groups is 5. The van der Waals surface area contributed by atoms with Gasteiger partial charge in [-0.3, -0.25) is 33.6 Å². The Kier molecular flexibility index (Phi) is 19.6. The third kappa shape index (κ3) is 13.9. The van der Waals surface area contributed by atoms with Crippen LogP contribution in [0, 0.1) is 5.92 Å². The van der Waals surface area contributed by atoms with E-state index in [0.29, 0.717) is 0 Å². The Balaban J connectivity index is 1.31. The van der Waals surface area contributed by atoms with Crippen molar-refractivity contribution in [1.82, 2.24) is 37.2 Å². The highest BCUT2D eigenvalue weighted by Gasteiger charge is 2.43. The lowest BCUT2D eigenvalue weighted by atomic mass is 9.89. The molecule has 478 valence electrons. The number of carboxylic acids is 1. The van der Waals surface area contributed by atoms with Crippen LogP contribution in [0.2, 0.25) is 10.0 Å². The number of aromatic hydroxyl groups is 3. The Hall–Kier alpha value is -9.04. The SMILES string of the molecule is CN[C@H](CC(C)C)C(=O)N[C@H]1C(=O)N[C@@H](CC(N)=O)C(=O)N[C@H]2C(=O)N[C@H]3C(=O)N[C@H](C(=O)N[C@H](C(=O)O)c4cc(O)cc(O)c4-c4cc3ccc4O)[C@H](O)c3ccc(c(Cl)c3)Oc3cc2cc(c3O[C@@H]2O[C@H](CO)[C@@H](O)C[C@H]2O)Oc2ccc(cc2Cl)[C@H]1O. The molecule has 0 radical (unpaired) electrons. The molecule has 5 aromatic carbocycles. The summed E-state index contributed by atoms with van der Waals surface area (Å²) in [6, 6.07) is -0.0491. The second kappa shape index (κ2) is 27.0. The molecule has 6 aliphatic rings. The van der Waals surface area contributed by atoms with E-state index in [9.17, 15) is 69.9 Å². The lowest BCUT2D eigenvalue weighted by Crippen LogP contribution is -2.59.